The predicted molar refractivity (Wildman–Crippen MR) is 80.8 cm³/mol. The van der Waals surface area contributed by atoms with Crippen molar-refractivity contribution in [1.82, 2.24) is 4.90 Å². The highest BCUT2D eigenvalue weighted by atomic mass is 16.6. The molecule has 2 amide bonds. The molecule has 0 saturated carbocycles. The van der Waals surface area contributed by atoms with Crippen LogP contribution in [0.25, 0.3) is 0 Å². The number of benzene rings is 1. The Morgan fingerprint density at radius 3 is 2.82 bits per heavy atom. The van der Waals surface area contributed by atoms with Gasteiger partial charge >= 0.3 is 6.09 Å². The minimum absolute atomic E-state index is 0.133. The first-order chi connectivity index (χ1) is 10.7. The molecule has 0 aromatic heterocycles. The van der Waals surface area contributed by atoms with Crippen molar-refractivity contribution in [3.05, 3.63) is 35.9 Å². The Kier molecular flexibility index (Phi) is 5.54. The van der Waals surface area contributed by atoms with Gasteiger partial charge in [-0.3, -0.25) is 4.79 Å². The average molecular weight is 300 g/mol. The SMILES string of the molecule is CCCC(CC#N)C(=O)N1C(=O)OCC1Cc1ccccc1. The van der Waals surface area contributed by atoms with E-state index >= 15 is 0 Å². The maximum Gasteiger partial charge on any atom is 0.416 e. The van der Waals surface area contributed by atoms with Crippen molar-refractivity contribution in [1.29, 1.82) is 5.26 Å². The fourth-order valence-electron chi connectivity index (χ4n) is 2.74. The number of amides is 2. The molecule has 1 aliphatic heterocycles. The largest absolute Gasteiger partial charge is 0.447 e. The van der Waals surface area contributed by atoms with Crippen molar-refractivity contribution >= 4 is 12.0 Å². The zero-order chi connectivity index (χ0) is 15.9. The molecule has 0 radical (unpaired) electrons. The molecular formula is C17H20N2O3. The third-order valence-corrected chi connectivity index (χ3v) is 3.84. The van der Waals surface area contributed by atoms with E-state index in [-0.39, 0.29) is 25.0 Å². The number of carbonyl (C=O) groups is 2. The van der Waals surface area contributed by atoms with Gasteiger partial charge in [-0.1, -0.05) is 43.7 Å². The summed E-state index contributed by atoms with van der Waals surface area (Å²) in [4.78, 5) is 25.8. The smallest absolute Gasteiger partial charge is 0.416 e. The first-order valence-corrected chi connectivity index (χ1v) is 7.58. The molecule has 1 aliphatic rings. The molecule has 5 heteroatoms. The lowest BCUT2D eigenvalue weighted by molar-refractivity contribution is -0.133. The van der Waals surface area contributed by atoms with E-state index < -0.39 is 12.0 Å². The Hall–Kier alpha value is -2.35. The quantitative estimate of drug-likeness (QED) is 0.810. The van der Waals surface area contributed by atoms with Gasteiger partial charge in [0.1, 0.15) is 6.61 Å². The van der Waals surface area contributed by atoms with Crippen LogP contribution in [-0.4, -0.2) is 29.5 Å². The van der Waals surface area contributed by atoms with E-state index in [0.717, 1.165) is 12.0 Å². The molecular weight excluding hydrogens is 280 g/mol. The van der Waals surface area contributed by atoms with E-state index in [1.807, 2.05) is 43.3 Å². The first kappa shape index (κ1) is 16.0. The van der Waals surface area contributed by atoms with Gasteiger partial charge in [0.2, 0.25) is 5.91 Å². The molecule has 22 heavy (non-hydrogen) atoms. The molecule has 0 aliphatic carbocycles. The number of carbonyl (C=O) groups excluding carboxylic acids is 2. The van der Waals surface area contributed by atoms with Gasteiger partial charge in [-0.05, 0) is 18.4 Å². The number of hydrogen-bond donors (Lipinski definition) is 0. The van der Waals surface area contributed by atoms with Crippen molar-refractivity contribution in [3.63, 3.8) is 0 Å². The minimum atomic E-state index is -0.593. The van der Waals surface area contributed by atoms with Crippen LogP contribution in [0.2, 0.25) is 0 Å². The monoisotopic (exact) mass is 300 g/mol. The summed E-state index contributed by atoms with van der Waals surface area (Å²) in [5.74, 6) is -0.717. The zero-order valence-electron chi connectivity index (χ0n) is 12.7. The van der Waals surface area contributed by atoms with E-state index in [2.05, 4.69) is 0 Å². The highest BCUT2D eigenvalue weighted by Crippen LogP contribution is 2.23. The molecule has 0 bridgehead atoms. The van der Waals surface area contributed by atoms with Gasteiger partial charge in [0.05, 0.1) is 18.0 Å². The summed E-state index contributed by atoms with van der Waals surface area (Å²) >= 11 is 0. The Morgan fingerprint density at radius 1 is 1.45 bits per heavy atom. The van der Waals surface area contributed by atoms with Gasteiger partial charge in [0.25, 0.3) is 0 Å². The summed E-state index contributed by atoms with van der Waals surface area (Å²) < 4.78 is 5.06. The number of nitrogens with zero attached hydrogens (tertiary/aromatic N) is 2. The van der Waals surface area contributed by atoms with Crippen LogP contribution < -0.4 is 0 Å². The topological polar surface area (TPSA) is 70.4 Å². The lowest BCUT2D eigenvalue weighted by atomic mass is 9.97. The maximum atomic E-state index is 12.6. The normalized spacial score (nSPS) is 18.6. The maximum absolute atomic E-state index is 12.6. The van der Waals surface area contributed by atoms with Crippen molar-refractivity contribution in [2.75, 3.05) is 6.61 Å². The van der Waals surface area contributed by atoms with Gasteiger partial charge in [-0.25, -0.2) is 9.69 Å². The van der Waals surface area contributed by atoms with Gasteiger partial charge in [-0.2, -0.15) is 5.26 Å². The summed E-state index contributed by atoms with van der Waals surface area (Å²) in [6.45, 7) is 2.17. The van der Waals surface area contributed by atoms with Crippen molar-refractivity contribution in [2.24, 2.45) is 5.92 Å². The minimum Gasteiger partial charge on any atom is -0.447 e. The van der Waals surface area contributed by atoms with Gasteiger partial charge < -0.3 is 4.74 Å². The summed E-state index contributed by atoms with van der Waals surface area (Å²) in [5, 5.41) is 8.89. The van der Waals surface area contributed by atoms with Gasteiger partial charge in [0, 0.05) is 6.42 Å². The van der Waals surface area contributed by atoms with E-state index in [1.54, 1.807) is 0 Å². The number of imide groups is 1. The zero-order valence-corrected chi connectivity index (χ0v) is 12.7. The van der Waals surface area contributed by atoms with Crippen molar-refractivity contribution in [3.8, 4) is 6.07 Å². The van der Waals surface area contributed by atoms with Gasteiger partial charge in [0.15, 0.2) is 0 Å². The lowest BCUT2D eigenvalue weighted by Crippen LogP contribution is -2.43. The number of hydrogen-bond acceptors (Lipinski definition) is 4. The second-order valence-electron chi connectivity index (χ2n) is 5.48. The van der Waals surface area contributed by atoms with Crippen molar-refractivity contribution in [2.45, 2.75) is 38.6 Å². The van der Waals surface area contributed by atoms with Crippen LogP contribution in [0, 0.1) is 17.2 Å². The number of rotatable bonds is 6. The number of nitriles is 1. The highest BCUT2D eigenvalue weighted by Gasteiger charge is 2.40. The molecule has 0 spiro atoms. The molecule has 2 atom stereocenters. The van der Waals surface area contributed by atoms with Crippen LogP contribution in [0.4, 0.5) is 4.79 Å². The predicted octanol–water partition coefficient (Wildman–Crippen LogP) is 2.91. The molecule has 1 aromatic carbocycles. The van der Waals surface area contributed by atoms with Crippen LogP contribution in [-0.2, 0) is 16.0 Å². The summed E-state index contributed by atoms with van der Waals surface area (Å²) in [7, 11) is 0. The first-order valence-electron chi connectivity index (χ1n) is 7.58. The second kappa shape index (κ2) is 7.60. The Labute approximate surface area is 130 Å². The molecule has 2 rings (SSSR count). The van der Waals surface area contributed by atoms with E-state index in [4.69, 9.17) is 10.00 Å². The molecule has 116 valence electrons. The van der Waals surface area contributed by atoms with Crippen LogP contribution in [0.3, 0.4) is 0 Å². The Morgan fingerprint density at radius 2 is 2.18 bits per heavy atom. The van der Waals surface area contributed by atoms with Crippen LogP contribution in [0.1, 0.15) is 31.7 Å². The van der Waals surface area contributed by atoms with Crippen molar-refractivity contribution < 1.29 is 14.3 Å². The molecule has 0 N–H and O–H groups in total. The van der Waals surface area contributed by atoms with E-state index in [1.165, 1.54) is 4.90 Å². The molecule has 1 saturated heterocycles. The second-order valence-corrected chi connectivity index (χ2v) is 5.48. The standard InChI is InChI=1S/C17H20N2O3/c1-2-6-14(9-10-18)16(20)19-15(12-22-17(19)21)11-13-7-4-3-5-8-13/h3-5,7-8,14-15H,2,6,9,11-12H2,1H3. The molecule has 1 fully saturated rings. The fourth-order valence-corrected chi connectivity index (χ4v) is 2.74. The molecule has 1 heterocycles. The Bertz CT molecular complexity index is 565. The van der Waals surface area contributed by atoms with Crippen LogP contribution in [0.15, 0.2) is 30.3 Å². The lowest BCUT2D eigenvalue weighted by Gasteiger charge is -2.23. The van der Waals surface area contributed by atoms with Gasteiger partial charge in [-0.15, -0.1) is 0 Å². The number of cyclic esters (lactones) is 1. The van der Waals surface area contributed by atoms with E-state index in [0.29, 0.717) is 12.8 Å². The summed E-state index contributed by atoms with van der Waals surface area (Å²) in [6.07, 6.45) is 1.52. The molecule has 1 aromatic rings. The fraction of sp³-hybridized carbons (Fsp3) is 0.471. The number of ether oxygens (including phenoxy) is 1. The average Bonchev–Trinajstić information content (AvgIpc) is 2.88. The Balaban J connectivity index is 2.13. The molecule has 2 unspecified atom stereocenters. The highest BCUT2D eigenvalue weighted by molar-refractivity contribution is 5.94. The summed E-state index contributed by atoms with van der Waals surface area (Å²) in [6, 6.07) is 11.4. The third-order valence-electron chi connectivity index (χ3n) is 3.84. The van der Waals surface area contributed by atoms with E-state index in [9.17, 15) is 9.59 Å². The molecule has 5 nitrogen and oxygen atoms in total. The van der Waals surface area contributed by atoms with Crippen LogP contribution >= 0.6 is 0 Å². The van der Waals surface area contributed by atoms with Crippen LogP contribution in [0.5, 0.6) is 0 Å². The third kappa shape index (κ3) is 3.64. The summed E-state index contributed by atoms with van der Waals surface area (Å²) in [5.41, 5.74) is 1.05.